The van der Waals surface area contributed by atoms with E-state index in [1.54, 1.807) is 30.3 Å². The first kappa shape index (κ1) is 26.8. The van der Waals surface area contributed by atoms with Gasteiger partial charge in [-0.1, -0.05) is 6.07 Å². The molecule has 3 aliphatic heterocycles. The van der Waals surface area contributed by atoms with Gasteiger partial charge >= 0.3 is 0 Å². The predicted molar refractivity (Wildman–Crippen MR) is 142 cm³/mol. The Labute approximate surface area is 227 Å². The molecule has 10 heteroatoms. The van der Waals surface area contributed by atoms with Crippen LogP contribution in [-0.2, 0) is 14.3 Å². The summed E-state index contributed by atoms with van der Waals surface area (Å²) in [6, 6.07) is 9.53. The van der Waals surface area contributed by atoms with Crippen LogP contribution in [0.1, 0.15) is 31.0 Å². The molecule has 0 unspecified atom stereocenters. The number of aliphatic hydroxyl groups is 1. The van der Waals surface area contributed by atoms with Gasteiger partial charge in [0, 0.05) is 31.7 Å². The van der Waals surface area contributed by atoms with Gasteiger partial charge in [-0.3, -0.25) is 14.5 Å². The van der Waals surface area contributed by atoms with Crippen molar-refractivity contribution in [1.82, 2.24) is 9.80 Å². The molecular formula is C29H34N2O8. The van der Waals surface area contributed by atoms with Gasteiger partial charge in [-0.15, -0.1) is 0 Å². The average Bonchev–Trinajstić information content (AvgIpc) is 3.22. The van der Waals surface area contributed by atoms with Crippen molar-refractivity contribution in [3.8, 4) is 23.0 Å². The first-order valence-electron chi connectivity index (χ1n) is 13.4. The zero-order valence-electron chi connectivity index (χ0n) is 22.3. The molecule has 2 aromatic carbocycles. The number of aliphatic hydroxyl groups excluding tert-OH is 1. The fourth-order valence-corrected chi connectivity index (χ4v) is 5.12. The number of ketones is 1. The Morgan fingerprint density at radius 2 is 1.62 bits per heavy atom. The molecular weight excluding hydrogens is 504 g/mol. The van der Waals surface area contributed by atoms with E-state index >= 15 is 0 Å². The Morgan fingerprint density at radius 3 is 2.36 bits per heavy atom. The molecule has 0 spiro atoms. The molecule has 39 heavy (non-hydrogen) atoms. The van der Waals surface area contributed by atoms with E-state index in [9.17, 15) is 14.7 Å². The monoisotopic (exact) mass is 538 g/mol. The van der Waals surface area contributed by atoms with Crippen LogP contribution in [0, 0.1) is 0 Å². The van der Waals surface area contributed by atoms with Gasteiger partial charge in [0.25, 0.3) is 11.7 Å². The van der Waals surface area contributed by atoms with Gasteiger partial charge in [-0.25, -0.2) is 0 Å². The van der Waals surface area contributed by atoms with E-state index in [4.69, 9.17) is 23.7 Å². The summed E-state index contributed by atoms with van der Waals surface area (Å²) in [5, 5.41) is 11.5. The lowest BCUT2D eigenvalue weighted by atomic mass is 9.94. The van der Waals surface area contributed by atoms with Crippen molar-refractivity contribution in [2.75, 3.05) is 65.8 Å². The molecule has 0 saturated carbocycles. The van der Waals surface area contributed by atoms with Crippen LogP contribution < -0.4 is 18.9 Å². The minimum Gasteiger partial charge on any atom is -0.507 e. The number of ether oxygens (including phenoxy) is 5. The molecule has 0 aromatic heterocycles. The second-order valence-electron chi connectivity index (χ2n) is 9.38. The number of carbonyl (C=O) groups is 2. The highest BCUT2D eigenvalue weighted by atomic mass is 16.6. The summed E-state index contributed by atoms with van der Waals surface area (Å²) in [6.45, 7) is 9.10. The Morgan fingerprint density at radius 1 is 0.897 bits per heavy atom. The van der Waals surface area contributed by atoms with Crippen molar-refractivity contribution < 1.29 is 38.4 Å². The summed E-state index contributed by atoms with van der Waals surface area (Å²) in [6.07, 6.45) is 0. The van der Waals surface area contributed by atoms with E-state index in [0.29, 0.717) is 86.9 Å². The van der Waals surface area contributed by atoms with Crippen LogP contribution in [-0.4, -0.2) is 92.4 Å². The van der Waals surface area contributed by atoms with Crippen LogP contribution in [0.4, 0.5) is 0 Å². The molecule has 5 rings (SSSR count). The van der Waals surface area contributed by atoms with Gasteiger partial charge in [0.2, 0.25) is 0 Å². The highest BCUT2D eigenvalue weighted by Gasteiger charge is 2.46. The first-order valence-corrected chi connectivity index (χ1v) is 13.4. The number of morpholine rings is 1. The van der Waals surface area contributed by atoms with Crippen LogP contribution in [0.25, 0.3) is 5.76 Å². The standard InChI is InChI=1S/C29H34N2O8/c1-3-36-21-7-5-19(17-23(21)37-4-2)26-25(27(32)20-6-8-22-24(18-20)39-16-15-38-22)28(33)29(34)31(26)10-9-30-11-13-35-14-12-30/h5-8,17-18,26,32H,3-4,9-16H2,1-2H3/b27-25+/t26-/m0/s1. The fraction of sp³-hybridized carbons (Fsp3) is 0.448. The van der Waals surface area contributed by atoms with E-state index in [0.717, 1.165) is 13.1 Å². The van der Waals surface area contributed by atoms with Crippen molar-refractivity contribution in [2.24, 2.45) is 0 Å². The Kier molecular flexibility index (Phi) is 8.23. The number of rotatable bonds is 9. The number of fused-ring (bicyclic) bond motifs is 1. The third-order valence-corrected chi connectivity index (χ3v) is 7.00. The van der Waals surface area contributed by atoms with Gasteiger partial charge < -0.3 is 33.7 Å². The van der Waals surface area contributed by atoms with Gasteiger partial charge in [-0.2, -0.15) is 0 Å². The van der Waals surface area contributed by atoms with Crippen molar-refractivity contribution in [3.05, 3.63) is 53.1 Å². The number of hydrogen-bond acceptors (Lipinski definition) is 9. The Balaban J connectivity index is 1.57. The molecule has 2 fully saturated rings. The van der Waals surface area contributed by atoms with Gasteiger partial charge in [0.15, 0.2) is 23.0 Å². The van der Waals surface area contributed by atoms with Crippen LogP contribution >= 0.6 is 0 Å². The smallest absolute Gasteiger partial charge is 0.295 e. The molecule has 0 bridgehead atoms. The summed E-state index contributed by atoms with van der Waals surface area (Å²) in [5.41, 5.74) is 1.03. The molecule has 1 amide bonds. The molecule has 0 aliphatic carbocycles. The number of nitrogens with zero attached hydrogens (tertiary/aromatic N) is 2. The van der Waals surface area contributed by atoms with Crippen molar-refractivity contribution in [2.45, 2.75) is 19.9 Å². The fourth-order valence-electron chi connectivity index (χ4n) is 5.12. The quantitative estimate of drug-likeness (QED) is 0.293. The minimum atomic E-state index is -0.811. The minimum absolute atomic E-state index is 0.0188. The Hall–Kier alpha value is -3.76. The number of benzene rings is 2. The third-order valence-electron chi connectivity index (χ3n) is 7.00. The van der Waals surface area contributed by atoms with Gasteiger partial charge in [0.1, 0.15) is 19.0 Å². The molecule has 10 nitrogen and oxygen atoms in total. The summed E-state index contributed by atoms with van der Waals surface area (Å²) < 4.78 is 28.3. The lowest BCUT2D eigenvalue weighted by molar-refractivity contribution is -0.140. The van der Waals surface area contributed by atoms with E-state index in [2.05, 4.69) is 4.90 Å². The second-order valence-corrected chi connectivity index (χ2v) is 9.38. The summed E-state index contributed by atoms with van der Waals surface area (Å²) in [7, 11) is 0. The highest BCUT2D eigenvalue weighted by Crippen LogP contribution is 2.43. The first-order chi connectivity index (χ1) is 19.0. The average molecular weight is 539 g/mol. The van der Waals surface area contributed by atoms with Crippen LogP contribution in [0.3, 0.4) is 0 Å². The van der Waals surface area contributed by atoms with E-state index < -0.39 is 17.7 Å². The zero-order chi connectivity index (χ0) is 27.4. The molecule has 1 N–H and O–H groups in total. The predicted octanol–water partition coefficient (Wildman–Crippen LogP) is 3.01. The summed E-state index contributed by atoms with van der Waals surface area (Å²) in [4.78, 5) is 30.6. The van der Waals surface area contributed by atoms with E-state index in [-0.39, 0.29) is 11.3 Å². The SMILES string of the molecule is CCOc1ccc([C@H]2/C(=C(\O)c3ccc4c(c3)OCCO4)C(=O)C(=O)N2CCN2CCOCC2)cc1OCC. The third kappa shape index (κ3) is 5.53. The maximum Gasteiger partial charge on any atom is 0.295 e. The molecule has 2 saturated heterocycles. The van der Waals surface area contributed by atoms with Crippen molar-refractivity contribution in [3.63, 3.8) is 0 Å². The van der Waals surface area contributed by atoms with Crippen LogP contribution in [0.2, 0.25) is 0 Å². The zero-order valence-corrected chi connectivity index (χ0v) is 22.3. The number of carbonyl (C=O) groups excluding carboxylic acids is 2. The van der Waals surface area contributed by atoms with Crippen molar-refractivity contribution in [1.29, 1.82) is 0 Å². The maximum absolute atomic E-state index is 13.5. The molecule has 1 atom stereocenters. The van der Waals surface area contributed by atoms with Crippen LogP contribution in [0.5, 0.6) is 23.0 Å². The molecule has 2 aromatic rings. The largest absolute Gasteiger partial charge is 0.507 e. The number of hydrogen-bond donors (Lipinski definition) is 1. The maximum atomic E-state index is 13.5. The summed E-state index contributed by atoms with van der Waals surface area (Å²) >= 11 is 0. The normalized spacial score (nSPS) is 20.8. The van der Waals surface area contributed by atoms with E-state index in [1.165, 1.54) is 4.90 Å². The van der Waals surface area contributed by atoms with Crippen molar-refractivity contribution >= 4 is 17.4 Å². The lowest BCUT2D eigenvalue weighted by Crippen LogP contribution is -2.42. The molecule has 3 heterocycles. The molecule has 3 aliphatic rings. The summed E-state index contributed by atoms with van der Waals surface area (Å²) in [5.74, 6) is 0.461. The van der Waals surface area contributed by atoms with E-state index in [1.807, 2.05) is 19.9 Å². The Bertz CT molecular complexity index is 1250. The molecule has 0 radical (unpaired) electrons. The number of amides is 1. The number of likely N-dealkylation sites (tertiary alicyclic amines) is 1. The topological polar surface area (TPSA) is 107 Å². The molecule has 208 valence electrons. The number of Topliss-reactive ketones (excluding diaryl/α,β-unsaturated/α-hetero) is 1. The lowest BCUT2D eigenvalue weighted by Gasteiger charge is -2.31. The van der Waals surface area contributed by atoms with Crippen LogP contribution in [0.15, 0.2) is 42.0 Å². The second kappa shape index (κ2) is 12.0. The highest BCUT2D eigenvalue weighted by molar-refractivity contribution is 6.46. The van der Waals surface area contributed by atoms with Gasteiger partial charge in [-0.05, 0) is 49.7 Å². The van der Waals surface area contributed by atoms with Gasteiger partial charge in [0.05, 0.1) is 38.0 Å².